The maximum Gasteiger partial charge on any atom is 0.263 e. The minimum absolute atomic E-state index is 0.186. The van der Waals surface area contributed by atoms with Gasteiger partial charge in [0.05, 0.1) is 17.3 Å². The quantitative estimate of drug-likeness (QED) is 0.664. The number of hydrogen-bond donors (Lipinski definition) is 1. The molecule has 1 saturated heterocycles. The molecule has 1 atom stereocenters. The van der Waals surface area contributed by atoms with E-state index in [9.17, 15) is 14.4 Å². The number of rotatable bonds is 4. The van der Waals surface area contributed by atoms with Crippen molar-refractivity contribution in [3.05, 3.63) is 86.9 Å². The van der Waals surface area contributed by atoms with Gasteiger partial charge in [0.25, 0.3) is 17.4 Å². The summed E-state index contributed by atoms with van der Waals surface area (Å²) in [5, 5.41) is 2.84. The molecular weight excluding hydrogens is 418 g/mol. The highest BCUT2D eigenvalue weighted by molar-refractivity contribution is 6.04. The predicted molar refractivity (Wildman–Crippen MR) is 125 cm³/mol. The summed E-state index contributed by atoms with van der Waals surface area (Å²) < 4.78 is 1.49. The average molecular weight is 446 g/mol. The number of hydrogen-bond acceptors (Lipinski definition) is 5. The number of amides is 2. The van der Waals surface area contributed by atoms with Crippen molar-refractivity contribution in [1.82, 2.24) is 19.4 Å². The molecule has 1 N–H and O–H groups in total. The van der Waals surface area contributed by atoms with Crippen LogP contribution >= 0.6 is 0 Å². The first kappa shape index (κ1) is 22.4. The van der Waals surface area contributed by atoms with Gasteiger partial charge in [0.15, 0.2) is 5.82 Å². The van der Waals surface area contributed by atoms with Gasteiger partial charge in [-0.2, -0.15) is 0 Å². The molecule has 0 unspecified atom stereocenters. The van der Waals surface area contributed by atoms with Crippen molar-refractivity contribution in [3.8, 4) is 0 Å². The van der Waals surface area contributed by atoms with E-state index in [1.54, 1.807) is 25.8 Å². The first-order chi connectivity index (χ1) is 15.8. The van der Waals surface area contributed by atoms with Crippen molar-refractivity contribution in [2.75, 3.05) is 11.9 Å². The van der Waals surface area contributed by atoms with Crippen LogP contribution in [0, 0.1) is 20.8 Å². The molecular formula is C25H27N5O3. The molecule has 1 aromatic carbocycles. The Hall–Kier alpha value is -3.81. The van der Waals surface area contributed by atoms with Crippen LogP contribution in [0.1, 0.15) is 62.4 Å². The molecule has 2 amide bonds. The highest BCUT2D eigenvalue weighted by Gasteiger charge is 2.35. The summed E-state index contributed by atoms with van der Waals surface area (Å²) in [7, 11) is 1.67. The van der Waals surface area contributed by atoms with E-state index in [4.69, 9.17) is 0 Å². The summed E-state index contributed by atoms with van der Waals surface area (Å²) in [6.45, 7) is 5.91. The number of nitrogens with one attached hydrogen (secondary N) is 1. The lowest BCUT2D eigenvalue weighted by molar-refractivity contribution is 0.0726. The molecule has 1 aliphatic rings. The van der Waals surface area contributed by atoms with Crippen LogP contribution in [0.2, 0.25) is 0 Å². The van der Waals surface area contributed by atoms with Gasteiger partial charge < -0.3 is 14.8 Å². The zero-order valence-electron chi connectivity index (χ0n) is 19.3. The molecule has 4 rings (SSSR count). The van der Waals surface area contributed by atoms with E-state index in [1.807, 2.05) is 43.3 Å². The Labute approximate surface area is 192 Å². The largest absolute Gasteiger partial charge is 0.328 e. The fourth-order valence-corrected chi connectivity index (χ4v) is 4.25. The third-order valence-electron chi connectivity index (χ3n) is 6.17. The number of likely N-dealkylation sites (tertiary alicyclic amines) is 1. The molecule has 2 aromatic heterocycles. The molecule has 3 heterocycles. The van der Waals surface area contributed by atoms with Gasteiger partial charge in [0, 0.05) is 31.2 Å². The summed E-state index contributed by atoms with van der Waals surface area (Å²) in [5.74, 6) is -0.109. The molecule has 8 nitrogen and oxygen atoms in total. The topological polar surface area (TPSA) is 97.2 Å². The second-order valence-electron chi connectivity index (χ2n) is 8.41. The van der Waals surface area contributed by atoms with Gasteiger partial charge in [-0.15, -0.1) is 0 Å². The van der Waals surface area contributed by atoms with Crippen molar-refractivity contribution >= 4 is 17.5 Å². The van der Waals surface area contributed by atoms with Crippen molar-refractivity contribution in [2.24, 2.45) is 7.05 Å². The van der Waals surface area contributed by atoms with Crippen LogP contribution < -0.4 is 10.9 Å². The summed E-state index contributed by atoms with van der Waals surface area (Å²) in [5.41, 5.74) is 2.95. The number of carbonyl (C=O) groups excluding carboxylic acids is 2. The summed E-state index contributed by atoms with van der Waals surface area (Å²) in [6, 6.07) is 10.7. The number of anilines is 1. The van der Waals surface area contributed by atoms with Crippen LogP contribution in [0.25, 0.3) is 0 Å². The highest BCUT2D eigenvalue weighted by Crippen LogP contribution is 2.31. The number of para-hydroxylation sites is 1. The summed E-state index contributed by atoms with van der Waals surface area (Å²) in [4.78, 5) is 49.6. The van der Waals surface area contributed by atoms with Gasteiger partial charge in [-0.1, -0.05) is 18.2 Å². The maximum absolute atomic E-state index is 13.4. The molecule has 0 spiro atoms. The van der Waals surface area contributed by atoms with Crippen molar-refractivity contribution in [3.63, 3.8) is 0 Å². The van der Waals surface area contributed by atoms with Crippen LogP contribution in [0.5, 0.6) is 0 Å². The lowest BCUT2D eigenvalue weighted by Crippen LogP contribution is -2.37. The third kappa shape index (κ3) is 4.28. The first-order valence-electron chi connectivity index (χ1n) is 11.0. The third-order valence-corrected chi connectivity index (χ3v) is 6.17. The number of aryl methyl sites for hydroxylation is 3. The van der Waals surface area contributed by atoms with E-state index in [0.29, 0.717) is 41.3 Å². The Morgan fingerprint density at radius 1 is 1.12 bits per heavy atom. The minimum atomic E-state index is -0.340. The lowest BCUT2D eigenvalue weighted by atomic mass is 10.1. The molecule has 8 heteroatoms. The number of pyridine rings is 1. The van der Waals surface area contributed by atoms with E-state index in [1.165, 1.54) is 10.8 Å². The normalized spacial score (nSPS) is 15.5. The fraction of sp³-hybridized carbons (Fsp3) is 0.320. The number of benzene rings is 1. The van der Waals surface area contributed by atoms with Crippen LogP contribution in [-0.2, 0) is 7.05 Å². The monoisotopic (exact) mass is 445 g/mol. The zero-order valence-corrected chi connectivity index (χ0v) is 19.3. The number of nitrogens with zero attached hydrogens (tertiary/aromatic N) is 4. The standard InChI is InChI=1S/C25H27N5O3/c1-15-13-16(2)29(4)24(32)21(15)25(33)30-12-8-11-20(30)22-26-14-19(17(3)27-22)23(31)28-18-9-6-5-7-10-18/h5-7,9-10,13-14,20H,8,11-12H2,1-4H3,(H,28,31)/t20-/m1/s1. The Bertz CT molecular complexity index is 1280. The summed E-state index contributed by atoms with van der Waals surface area (Å²) in [6.07, 6.45) is 3.00. The Balaban J connectivity index is 1.60. The average Bonchev–Trinajstić information content (AvgIpc) is 3.28. The molecule has 0 radical (unpaired) electrons. The van der Waals surface area contributed by atoms with Gasteiger partial charge in [0.2, 0.25) is 0 Å². The highest BCUT2D eigenvalue weighted by atomic mass is 16.2. The first-order valence-corrected chi connectivity index (χ1v) is 11.0. The molecule has 0 bridgehead atoms. The van der Waals surface area contributed by atoms with E-state index in [2.05, 4.69) is 15.3 Å². The van der Waals surface area contributed by atoms with Gasteiger partial charge in [-0.25, -0.2) is 9.97 Å². The predicted octanol–water partition coefficient (Wildman–Crippen LogP) is 3.33. The van der Waals surface area contributed by atoms with Gasteiger partial charge in [0.1, 0.15) is 5.56 Å². The van der Waals surface area contributed by atoms with Crippen molar-refractivity contribution in [2.45, 2.75) is 39.7 Å². The lowest BCUT2D eigenvalue weighted by Gasteiger charge is -2.25. The zero-order chi connectivity index (χ0) is 23.7. The fourth-order valence-electron chi connectivity index (χ4n) is 4.25. The SMILES string of the molecule is Cc1cc(C)n(C)c(=O)c1C(=O)N1CCC[C@@H]1c1ncc(C(=O)Nc2ccccc2)c(C)n1. The molecule has 0 aliphatic carbocycles. The Morgan fingerprint density at radius 2 is 1.85 bits per heavy atom. The number of carbonyl (C=O) groups is 2. The molecule has 1 fully saturated rings. The molecule has 170 valence electrons. The number of aromatic nitrogens is 3. The summed E-state index contributed by atoms with van der Waals surface area (Å²) >= 11 is 0. The molecule has 1 aliphatic heterocycles. The Kier molecular flexibility index (Phi) is 6.09. The van der Waals surface area contributed by atoms with E-state index >= 15 is 0 Å². The van der Waals surface area contributed by atoms with Crippen molar-refractivity contribution < 1.29 is 9.59 Å². The smallest absolute Gasteiger partial charge is 0.263 e. The molecule has 0 saturated carbocycles. The molecule has 3 aromatic rings. The second-order valence-corrected chi connectivity index (χ2v) is 8.41. The van der Waals surface area contributed by atoms with Crippen LogP contribution in [-0.4, -0.2) is 37.8 Å². The van der Waals surface area contributed by atoms with Gasteiger partial charge >= 0.3 is 0 Å². The van der Waals surface area contributed by atoms with Crippen LogP contribution in [0.3, 0.4) is 0 Å². The van der Waals surface area contributed by atoms with Crippen LogP contribution in [0.4, 0.5) is 5.69 Å². The van der Waals surface area contributed by atoms with Gasteiger partial charge in [-0.3, -0.25) is 14.4 Å². The van der Waals surface area contributed by atoms with E-state index < -0.39 is 0 Å². The second kappa shape index (κ2) is 8.97. The van der Waals surface area contributed by atoms with Gasteiger partial charge in [-0.05, 0) is 57.4 Å². The van der Waals surface area contributed by atoms with Crippen LogP contribution in [0.15, 0.2) is 47.4 Å². The Morgan fingerprint density at radius 3 is 2.55 bits per heavy atom. The van der Waals surface area contributed by atoms with E-state index in [0.717, 1.165) is 12.1 Å². The minimum Gasteiger partial charge on any atom is -0.328 e. The van der Waals surface area contributed by atoms with E-state index in [-0.39, 0.29) is 29.0 Å². The molecule has 33 heavy (non-hydrogen) atoms. The maximum atomic E-state index is 13.4. The van der Waals surface area contributed by atoms with Crippen molar-refractivity contribution in [1.29, 1.82) is 0 Å².